The molecule has 4 N–H and O–H groups in total. The summed E-state index contributed by atoms with van der Waals surface area (Å²) in [6.45, 7) is 3.49. The van der Waals surface area contributed by atoms with Gasteiger partial charge in [0.15, 0.2) is 5.78 Å². The van der Waals surface area contributed by atoms with E-state index in [0.717, 1.165) is 19.3 Å². The zero-order chi connectivity index (χ0) is 19.8. The first-order valence-electron chi connectivity index (χ1n) is 9.70. The lowest BCUT2D eigenvalue weighted by molar-refractivity contribution is -0.118. The monoisotopic (exact) mass is 375 g/mol. The highest BCUT2D eigenvalue weighted by Gasteiger charge is 2.53. The van der Waals surface area contributed by atoms with E-state index in [1.165, 1.54) is 0 Å². The zero-order valence-corrected chi connectivity index (χ0v) is 15.9. The molecule has 3 rings (SSSR count). The molecule has 0 bridgehead atoms. The van der Waals surface area contributed by atoms with Crippen LogP contribution in [0.25, 0.3) is 0 Å². The number of ketones is 1. The summed E-state index contributed by atoms with van der Waals surface area (Å²) in [6.07, 6.45) is 10.6. The number of carbonyl (C=O) groups excluding carboxylic acids is 2. The normalized spacial score (nSPS) is 41.0. The van der Waals surface area contributed by atoms with Crippen LogP contribution in [0.15, 0.2) is 35.6 Å². The molecule has 1 amide bonds. The largest absolute Gasteiger partial charge is 0.511 e. The molecule has 2 fully saturated rings. The topological polar surface area (TPSA) is 107 Å². The number of Topliss-reactive ketones (excluding diaryl/α,β-unsaturated/α-hetero) is 1. The third-order valence-corrected chi connectivity index (χ3v) is 6.72. The predicted octanol–water partition coefficient (Wildman–Crippen LogP) is 1.65. The van der Waals surface area contributed by atoms with Crippen LogP contribution >= 0.6 is 0 Å². The van der Waals surface area contributed by atoms with Crippen LogP contribution in [-0.4, -0.2) is 46.3 Å². The molecule has 0 aromatic rings. The predicted molar refractivity (Wildman–Crippen MR) is 101 cm³/mol. The van der Waals surface area contributed by atoms with E-state index in [1.54, 1.807) is 0 Å². The number of nitrogens with one attached hydrogen (secondary N) is 1. The summed E-state index contributed by atoms with van der Waals surface area (Å²) in [5.74, 6) is -1.00. The van der Waals surface area contributed by atoms with E-state index in [1.807, 2.05) is 32.1 Å². The van der Waals surface area contributed by atoms with Gasteiger partial charge in [0.25, 0.3) is 5.91 Å². The Bertz CT molecular complexity index is 709. The summed E-state index contributed by atoms with van der Waals surface area (Å²) in [6, 6.07) is -0.988. The minimum absolute atomic E-state index is 0.0628. The first kappa shape index (κ1) is 19.8. The van der Waals surface area contributed by atoms with Crippen LogP contribution in [0.1, 0.15) is 33.1 Å². The first-order chi connectivity index (χ1) is 12.9. The van der Waals surface area contributed by atoms with Crippen molar-refractivity contribution in [2.75, 3.05) is 13.2 Å². The maximum atomic E-state index is 12.6. The second kappa shape index (κ2) is 7.60. The lowest BCUT2D eigenvalue weighted by atomic mass is 9.54. The lowest BCUT2D eigenvalue weighted by Gasteiger charge is -2.50. The molecule has 27 heavy (non-hydrogen) atoms. The van der Waals surface area contributed by atoms with E-state index in [0.29, 0.717) is 0 Å². The fraction of sp³-hybridized carbons (Fsp3) is 0.619. The molecule has 148 valence electrons. The van der Waals surface area contributed by atoms with E-state index in [4.69, 9.17) is 0 Å². The third kappa shape index (κ3) is 3.15. The fourth-order valence-electron chi connectivity index (χ4n) is 5.14. The van der Waals surface area contributed by atoms with Gasteiger partial charge in [-0.15, -0.1) is 0 Å². The van der Waals surface area contributed by atoms with Crippen molar-refractivity contribution in [3.8, 4) is 0 Å². The molecule has 0 aromatic heterocycles. The van der Waals surface area contributed by atoms with E-state index in [9.17, 15) is 24.9 Å². The van der Waals surface area contributed by atoms with Gasteiger partial charge in [0.05, 0.1) is 6.61 Å². The van der Waals surface area contributed by atoms with Crippen LogP contribution in [0.2, 0.25) is 0 Å². The van der Waals surface area contributed by atoms with Crippen molar-refractivity contribution < 1.29 is 24.9 Å². The number of carbonyl (C=O) groups is 2. The number of aliphatic hydroxyl groups excluding tert-OH is 3. The van der Waals surface area contributed by atoms with Gasteiger partial charge in [-0.1, -0.05) is 31.2 Å². The van der Waals surface area contributed by atoms with Crippen molar-refractivity contribution in [1.29, 1.82) is 0 Å². The van der Waals surface area contributed by atoms with Gasteiger partial charge in [-0.2, -0.15) is 0 Å². The van der Waals surface area contributed by atoms with Gasteiger partial charge >= 0.3 is 0 Å². The van der Waals surface area contributed by atoms with Crippen LogP contribution in [0.3, 0.4) is 0 Å². The second-order valence-corrected chi connectivity index (χ2v) is 8.15. The first-order valence-corrected chi connectivity index (χ1v) is 9.70. The number of hydrogen-bond acceptors (Lipinski definition) is 5. The highest BCUT2D eigenvalue weighted by atomic mass is 16.3. The van der Waals surface area contributed by atoms with Crippen molar-refractivity contribution in [3.05, 3.63) is 35.6 Å². The maximum Gasteiger partial charge on any atom is 0.259 e. The van der Waals surface area contributed by atoms with Gasteiger partial charge in [-0.25, -0.2) is 0 Å². The molecule has 1 saturated carbocycles. The Morgan fingerprint density at radius 3 is 2.59 bits per heavy atom. The summed E-state index contributed by atoms with van der Waals surface area (Å²) >= 11 is 0. The van der Waals surface area contributed by atoms with Gasteiger partial charge in [0.1, 0.15) is 17.4 Å². The average molecular weight is 375 g/mol. The second-order valence-electron chi connectivity index (χ2n) is 8.15. The molecular weight excluding hydrogens is 346 g/mol. The number of fused-ring (bicyclic) bond motifs is 1. The highest BCUT2D eigenvalue weighted by molar-refractivity contribution is 6.27. The quantitative estimate of drug-likeness (QED) is 0.259. The SMILES string of the molecule is C/C=C\[C@@H]1C=C[C@@H]2C[C@H](CO)CC[C@H]2[C@]1(C)/C(O)=C1/C(=O)N[C@@H](CO)C1=O. The van der Waals surface area contributed by atoms with Crippen molar-refractivity contribution >= 4 is 11.7 Å². The molecule has 0 unspecified atom stereocenters. The smallest absolute Gasteiger partial charge is 0.259 e. The van der Waals surface area contributed by atoms with Crippen molar-refractivity contribution in [2.24, 2.45) is 29.1 Å². The molecule has 1 saturated heterocycles. The van der Waals surface area contributed by atoms with Crippen LogP contribution in [0.4, 0.5) is 0 Å². The van der Waals surface area contributed by atoms with Gasteiger partial charge in [-0.05, 0) is 43.9 Å². The summed E-state index contributed by atoms with van der Waals surface area (Å²) < 4.78 is 0. The molecule has 6 atom stereocenters. The Hall–Kier alpha value is -1.92. The van der Waals surface area contributed by atoms with Crippen LogP contribution in [0.5, 0.6) is 0 Å². The summed E-state index contributed by atoms with van der Waals surface area (Å²) in [5, 5.41) is 32.6. The molecule has 0 spiro atoms. The van der Waals surface area contributed by atoms with Crippen LogP contribution < -0.4 is 5.32 Å². The molecule has 6 heteroatoms. The Labute approximate surface area is 159 Å². The molecule has 0 aromatic carbocycles. The van der Waals surface area contributed by atoms with E-state index in [-0.39, 0.29) is 41.6 Å². The van der Waals surface area contributed by atoms with Crippen molar-refractivity contribution in [3.63, 3.8) is 0 Å². The van der Waals surface area contributed by atoms with Gasteiger partial charge in [0, 0.05) is 17.9 Å². The number of rotatable bonds is 4. The summed E-state index contributed by atoms with van der Waals surface area (Å²) in [5.41, 5.74) is -1.01. The fourth-order valence-corrected chi connectivity index (χ4v) is 5.14. The number of aliphatic hydroxyl groups is 3. The lowest BCUT2D eigenvalue weighted by Crippen LogP contribution is -2.46. The Morgan fingerprint density at radius 2 is 2.00 bits per heavy atom. The average Bonchev–Trinajstić information content (AvgIpc) is 2.96. The van der Waals surface area contributed by atoms with Crippen LogP contribution in [0, 0.1) is 29.1 Å². The zero-order valence-electron chi connectivity index (χ0n) is 15.9. The van der Waals surface area contributed by atoms with E-state index in [2.05, 4.69) is 11.4 Å². The molecule has 6 nitrogen and oxygen atoms in total. The van der Waals surface area contributed by atoms with Gasteiger partial charge in [-0.3, -0.25) is 9.59 Å². The summed E-state index contributed by atoms with van der Waals surface area (Å²) in [4.78, 5) is 24.9. The standard InChI is InChI=1S/C21H29NO5/c1-3-4-14-7-6-13-9-12(10-23)5-8-15(13)21(14,2)19(26)17-18(25)16(11-24)22-20(17)27/h3-4,6-7,12-16,23-24,26H,5,8-11H2,1-2H3,(H,22,27)/b4-3-,19-17-/t12-,13-,14-,15-,16+,21-/m1/s1. The molecule has 0 radical (unpaired) electrons. The maximum absolute atomic E-state index is 12.6. The Kier molecular flexibility index (Phi) is 5.58. The minimum Gasteiger partial charge on any atom is -0.511 e. The Morgan fingerprint density at radius 1 is 1.26 bits per heavy atom. The van der Waals surface area contributed by atoms with Crippen molar-refractivity contribution in [1.82, 2.24) is 5.32 Å². The molecule has 3 aliphatic rings. The highest BCUT2D eigenvalue weighted by Crippen LogP contribution is 2.56. The number of allylic oxidation sites excluding steroid dienone is 5. The number of amides is 1. The van der Waals surface area contributed by atoms with Gasteiger partial charge in [0.2, 0.25) is 0 Å². The molecule has 1 aliphatic heterocycles. The molecule has 1 heterocycles. The molecular formula is C21H29NO5. The number of hydrogen-bond donors (Lipinski definition) is 4. The van der Waals surface area contributed by atoms with E-state index >= 15 is 0 Å². The van der Waals surface area contributed by atoms with E-state index < -0.39 is 29.8 Å². The third-order valence-electron chi connectivity index (χ3n) is 6.72. The Balaban J connectivity index is 2.08. The van der Waals surface area contributed by atoms with Crippen molar-refractivity contribution in [2.45, 2.75) is 39.2 Å². The minimum atomic E-state index is -0.988. The van der Waals surface area contributed by atoms with Gasteiger partial charge < -0.3 is 20.6 Å². The summed E-state index contributed by atoms with van der Waals surface area (Å²) in [7, 11) is 0. The molecule has 2 aliphatic carbocycles. The van der Waals surface area contributed by atoms with Crippen LogP contribution in [-0.2, 0) is 9.59 Å².